The molecule has 112 valence electrons. The van der Waals surface area contributed by atoms with Gasteiger partial charge in [0, 0.05) is 12.5 Å². The average Bonchev–Trinajstić information content (AvgIpc) is 2.95. The standard InChI is InChI=1S/C17H23N3O/c1-3-18-12-13(2)15-19-16(20-21-15)17(10-7-11-17)14-8-5-4-6-9-14/h4-6,8-9,13,18H,3,7,10-12H2,1-2H3. The Balaban J connectivity index is 1.84. The van der Waals surface area contributed by atoms with Gasteiger partial charge in [0.1, 0.15) is 0 Å². The molecule has 0 bridgehead atoms. The molecule has 0 saturated heterocycles. The highest BCUT2D eigenvalue weighted by molar-refractivity contribution is 5.35. The van der Waals surface area contributed by atoms with Crippen molar-refractivity contribution in [2.24, 2.45) is 0 Å². The second-order valence-electron chi connectivity index (χ2n) is 5.97. The van der Waals surface area contributed by atoms with Gasteiger partial charge in [-0.05, 0) is 24.9 Å². The summed E-state index contributed by atoms with van der Waals surface area (Å²) in [4.78, 5) is 4.72. The number of nitrogens with zero attached hydrogens (tertiary/aromatic N) is 2. The third kappa shape index (κ3) is 2.60. The topological polar surface area (TPSA) is 51.0 Å². The molecule has 0 amide bonds. The largest absolute Gasteiger partial charge is 0.339 e. The monoisotopic (exact) mass is 285 g/mol. The van der Waals surface area contributed by atoms with E-state index in [0.29, 0.717) is 0 Å². The first-order chi connectivity index (χ1) is 10.3. The van der Waals surface area contributed by atoms with Crippen molar-refractivity contribution >= 4 is 0 Å². The van der Waals surface area contributed by atoms with Crippen LogP contribution >= 0.6 is 0 Å². The number of nitrogens with one attached hydrogen (secondary N) is 1. The summed E-state index contributed by atoms with van der Waals surface area (Å²) in [7, 11) is 0. The SMILES string of the molecule is CCNCC(C)c1nc(C2(c3ccccc3)CCC2)no1. The lowest BCUT2D eigenvalue weighted by Crippen LogP contribution is -2.36. The molecule has 2 aromatic rings. The highest BCUT2D eigenvalue weighted by atomic mass is 16.5. The van der Waals surface area contributed by atoms with Crippen LogP contribution in [-0.2, 0) is 5.41 Å². The summed E-state index contributed by atoms with van der Waals surface area (Å²) < 4.78 is 5.53. The van der Waals surface area contributed by atoms with Crippen molar-refractivity contribution < 1.29 is 4.52 Å². The van der Waals surface area contributed by atoms with E-state index in [0.717, 1.165) is 37.6 Å². The minimum Gasteiger partial charge on any atom is -0.339 e. The predicted octanol–water partition coefficient (Wildman–Crippen LogP) is 3.25. The highest BCUT2D eigenvalue weighted by Gasteiger charge is 2.44. The van der Waals surface area contributed by atoms with Crippen molar-refractivity contribution in [2.45, 2.75) is 44.4 Å². The number of hydrogen-bond donors (Lipinski definition) is 1. The molecule has 0 aliphatic heterocycles. The number of likely N-dealkylation sites (N-methyl/N-ethyl adjacent to an activating group) is 1. The zero-order valence-electron chi connectivity index (χ0n) is 12.8. The first kappa shape index (κ1) is 14.3. The van der Waals surface area contributed by atoms with Gasteiger partial charge < -0.3 is 9.84 Å². The Morgan fingerprint density at radius 3 is 2.67 bits per heavy atom. The average molecular weight is 285 g/mol. The maximum Gasteiger partial charge on any atom is 0.230 e. The molecule has 1 unspecified atom stereocenters. The zero-order valence-corrected chi connectivity index (χ0v) is 12.8. The molecule has 1 saturated carbocycles. The maximum atomic E-state index is 5.53. The van der Waals surface area contributed by atoms with Crippen LogP contribution in [0.15, 0.2) is 34.9 Å². The molecule has 3 rings (SSSR count). The van der Waals surface area contributed by atoms with E-state index in [1.165, 1.54) is 12.0 Å². The van der Waals surface area contributed by atoms with Crippen LogP contribution in [0.4, 0.5) is 0 Å². The summed E-state index contributed by atoms with van der Waals surface area (Å²) in [5.41, 5.74) is 1.28. The van der Waals surface area contributed by atoms with Crippen LogP contribution in [0.3, 0.4) is 0 Å². The van der Waals surface area contributed by atoms with Crippen molar-refractivity contribution in [1.82, 2.24) is 15.5 Å². The van der Waals surface area contributed by atoms with Gasteiger partial charge >= 0.3 is 0 Å². The molecule has 0 spiro atoms. The second kappa shape index (κ2) is 5.98. The number of aromatic nitrogens is 2. The van der Waals surface area contributed by atoms with Gasteiger partial charge in [0.25, 0.3) is 0 Å². The molecule has 1 N–H and O–H groups in total. The van der Waals surface area contributed by atoms with Crippen LogP contribution < -0.4 is 5.32 Å². The van der Waals surface area contributed by atoms with E-state index in [2.05, 4.69) is 54.7 Å². The highest BCUT2D eigenvalue weighted by Crippen LogP contribution is 2.47. The third-order valence-corrected chi connectivity index (χ3v) is 4.53. The third-order valence-electron chi connectivity index (χ3n) is 4.53. The Morgan fingerprint density at radius 1 is 1.29 bits per heavy atom. The van der Waals surface area contributed by atoms with E-state index in [-0.39, 0.29) is 11.3 Å². The van der Waals surface area contributed by atoms with Gasteiger partial charge in [0.2, 0.25) is 5.89 Å². The Morgan fingerprint density at radius 2 is 2.05 bits per heavy atom. The Labute approximate surface area is 126 Å². The van der Waals surface area contributed by atoms with Crippen molar-refractivity contribution in [3.05, 3.63) is 47.6 Å². The van der Waals surface area contributed by atoms with E-state index < -0.39 is 0 Å². The minimum absolute atomic E-state index is 0.0269. The molecule has 21 heavy (non-hydrogen) atoms. The second-order valence-corrected chi connectivity index (χ2v) is 5.97. The van der Waals surface area contributed by atoms with Gasteiger partial charge in [0.05, 0.1) is 5.41 Å². The summed E-state index contributed by atoms with van der Waals surface area (Å²) >= 11 is 0. The van der Waals surface area contributed by atoms with Gasteiger partial charge in [-0.1, -0.05) is 55.8 Å². The molecular weight excluding hydrogens is 262 g/mol. The van der Waals surface area contributed by atoms with Crippen molar-refractivity contribution in [2.75, 3.05) is 13.1 Å². The summed E-state index contributed by atoms with van der Waals surface area (Å²) in [5.74, 6) is 1.85. The molecule has 1 atom stereocenters. The number of rotatable bonds is 6. The lowest BCUT2D eigenvalue weighted by Gasteiger charge is -2.39. The minimum atomic E-state index is -0.0269. The normalized spacial score (nSPS) is 18.2. The lowest BCUT2D eigenvalue weighted by molar-refractivity contribution is 0.269. The number of hydrogen-bond acceptors (Lipinski definition) is 4. The maximum absolute atomic E-state index is 5.53. The lowest BCUT2D eigenvalue weighted by atomic mass is 9.64. The van der Waals surface area contributed by atoms with Crippen LogP contribution in [0.1, 0.15) is 56.3 Å². The van der Waals surface area contributed by atoms with E-state index in [4.69, 9.17) is 9.51 Å². The van der Waals surface area contributed by atoms with Gasteiger partial charge in [-0.2, -0.15) is 4.98 Å². The molecule has 4 heteroatoms. The molecule has 1 aliphatic carbocycles. The molecule has 4 nitrogen and oxygen atoms in total. The molecule has 1 aromatic heterocycles. The quantitative estimate of drug-likeness (QED) is 0.885. The molecule has 1 aliphatic rings. The van der Waals surface area contributed by atoms with Gasteiger partial charge in [0.15, 0.2) is 5.82 Å². The van der Waals surface area contributed by atoms with E-state index in [1.54, 1.807) is 0 Å². The first-order valence-electron chi connectivity index (χ1n) is 7.86. The van der Waals surface area contributed by atoms with Crippen molar-refractivity contribution in [3.63, 3.8) is 0 Å². The predicted molar refractivity (Wildman–Crippen MR) is 82.3 cm³/mol. The Bertz CT molecular complexity index is 575. The Hall–Kier alpha value is -1.68. The fourth-order valence-corrected chi connectivity index (χ4v) is 3.01. The molecular formula is C17H23N3O. The van der Waals surface area contributed by atoms with Crippen LogP contribution in [0.2, 0.25) is 0 Å². The first-order valence-corrected chi connectivity index (χ1v) is 7.86. The van der Waals surface area contributed by atoms with Crippen LogP contribution in [0.25, 0.3) is 0 Å². The fraction of sp³-hybridized carbons (Fsp3) is 0.529. The number of benzene rings is 1. The Kier molecular flexibility index (Phi) is 4.06. The fourth-order valence-electron chi connectivity index (χ4n) is 3.01. The summed E-state index contributed by atoms with van der Waals surface area (Å²) in [5, 5.41) is 7.63. The smallest absolute Gasteiger partial charge is 0.230 e. The van der Waals surface area contributed by atoms with E-state index >= 15 is 0 Å². The molecule has 1 heterocycles. The van der Waals surface area contributed by atoms with Gasteiger partial charge in [-0.15, -0.1) is 0 Å². The summed E-state index contributed by atoms with van der Waals surface area (Å²) in [6.07, 6.45) is 3.45. The van der Waals surface area contributed by atoms with Crippen molar-refractivity contribution in [1.29, 1.82) is 0 Å². The van der Waals surface area contributed by atoms with Crippen LogP contribution in [0, 0.1) is 0 Å². The van der Waals surface area contributed by atoms with E-state index in [1.807, 2.05) is 0 Å². The molecule has 1 fully saturated rings. The van der Waals surface area contributed by atoms with Crippen molar-refractivity contribution in [3.8, 4) is 0 Å². The molecule has 1 aromatic carbocycles. The molecule has 0 radical (unpaired) electrons. The summed E-state index contributed by atoms with van der Waals surface area (Å²) in [6, 6.07) is 10.6. The van der Waals surface area contributed by atoms with Crippen LogP contribution in [-0.4, -0.2) is 23.2 Å². The van der Waals surface area contributed by atoms with Gasteiger partial charge in [-0.25, -0.2) is 0 Å². The van der Waals surface area contributed by atoms with Gasteiger partial charge in [-0.3, -0.25) is 0 Å². The van der Waals surface area contributed by atoms with Crippen LogP contribution in [0.5, 0.6) is 0 Å². The summed E-state index contributed by atoms with van der Waals surface area (Å²) in [6.45, 7) is 6.05. The zero-order chi connectivity index (χ0) is 14.7. The van der Waals surface area contributed by atoms with E-state index in [9.17, 15) is 0 Å².